The molecule has 1 atom stereocenters. The number of hydrogen-bond donors (Lipinski definition) is 2. The maximum atomic E-state index is 12.2. The van der Waals surface area contributed by atoms with E-state index in [1.165, 1.54) is 0 Å². The zero-order valence-electron chi connectivity index (χ0n) is 21.4. The number of rotatable bonds is 9. The van der Waals surface area contributed by atoms with Gasteiger partial charge in [0.15, 0.2) is 0 Å². The Labute approximate surface area is 206 Å². The average Bonchev–Trinajstić information content (AvgIpc) is 2.74. The number of aromatic nitrogens is 1. The smallest absolute Gasteiger partial charge is 0.410 e. The predicted octanol–water partition coefficient (Wildman–Crippen LogP) is 2.53. The summed E-state index contributed by atoms with van der Waals surface area (Å²) in [5.74, 6) is 6.44. The summed E-state index contributed by atoms with van der Waals surface area (Å²) in [5, 5.41) is 5.49. The van der Waals surface area contributed by atoms with Gasteiger partial charge in [-0.25, -0.2) is 20.1 Å². The Kier molecular flexibility index (Phi) is 8.39. The van der Waals surface area contributed by atoms with Crippen LogP contribution in [0.1, 0.15) is 34.6 Å². The maximum Gasteiger partial charge on any atom is 0.410 e. The lowest BCUT2D eigenvalue weighted by atomic mass is 10.1. The second kappa shape index (κ2) is 11.1. The van der Waals surface area contributed by atoms with Crippen molar-refractivity contribution in [1.29, 1.82) is 0 Å². The molecule has 2 aromatic rings. The molecule has 2 heterocycles. The van der Waals surface area contributed by atoms with Crippen LogP contribution in [-0.2, 0) is 26.2 Å². The van der Waals surface area contributed by atoms with Crippen molar-refractivity contribution in [2.75, 3.05) is 31.6 Å². The number of hydrogen-bond acceptors (Lipinski definition) is 8. The first-order valence-corrected chi connectivity index (χ1v) is 11.8. The summed E-state index contributed by atoms with van der Waals surface area (Å²) in [7, 11) is 1.96. The molecule has 192 valence electrons. The van der Waals surface area contributed by atoms with Crippen molar-refractivity contribution in [2.24, 2.45) is 18.9 Å². The summed E-state index contributed by atoms with van der Waals surface area (Å²) < 4.78 is 18.4. The summed E-state index contributed by atoms with van der Waals surface area (Å²) in [4.78, 5) is 30.8. The van der Waals surface area contributed by atoms with E-state index in [9.17, 15) is 9.59 Å². The number of likely N-dealkylation sites (tertiary alicyclic amines) is 1. The van der Waals surface area contributed by atoms with Crippen molar-refractivity contribution in [3.05, 3.63) is 30.5 Å². The van der Waals surface area contributed by atoms with Crippen molar-refractivity contribution in [3.63, 3.8) is 0 Å². The fourth-order valence-corrected chi connectivity index (χ4v) is 3.54. The summed E-state index contributed by atoms with van der Waals surface area (Å²) in [6.07, 6.45) is 0.641. The maximum absolute atomic E-state index is 12.2. The quantitative estimate of drug-likeness (QED) is 0.314. The molecule has 0 radical (unpaired) electrons. The van der Waals surface area contributed by atoms with Crippen LogP contribution < -0.4 is 20.5 Å². The van der Waals surface area contributed by atoms with Gasteiger partial charge in [-0.05, 0) is 56.3 Å². The van der Waals surface area contributed by atoms with Crippen LogP contribution in [0.25, 0.3) is 10.8 Å². The van der Waals surface area contributed by atoms with Crippen molar-refractivity contribution in [1.82, 2.24) is 4.90 Å². The van der Waals surface area contributed by atoms with E-state index >= 15 is 0 Å². The summed E-state index contributed by atoms with van der Waals surface area (Å²) in [6.45, 7) is 10.8. The van der Waals surface area contributed by atoms with Crippen molar-refractivity contribution in [2.45, 2.75) is 52.4 Å². The number of carbonyl (C=O) groups is 2. The molecule has 35 heavy (non-hydrogen) atoms. The van der Waals surface area contributed by atoms with E-state index < -0.39 is 17.7 Å². The van der Waals surface area contributed by atoms with Crippen LogP contribution in [0.3, 0.4) is 0 Å². The monoisotopic (exact) mass is 489 g/mol. The SMILES string of the molecule is CC(C)COC(=O)[C@H](COc1ccc2c(NC3CN(C(=O)OC(C)(C)C)C3)[n+](C)ccc2c1)ON. The van der Waals surface area contributed by atoms with Crippen LogP contribution in [0.2, 0.25) is 0 Å². The topological polar surface area (TPSA) is 116 Å². The highest BCUT2D eigenvalue weighted by molar-refractivity contribution is 5.91. The van der Waals surface area contributed by atoms with Gasteiger partial charge in [0.1, 0.15) is 24.0 Å². The predicted molar refractivity (Wildman–Crippen MR) is 131 cm³/mol. The van der Waals surface area contributed by atoms with Crippen molar-refractivity contribution in [3.8, 4) is 5.75 Å². The lowest BCUT2D eigenvalue weighted by Crippen LogP contribution is -2.58. The fraction of sp³-hybridized carbons (Fsp3) is 0.560. The van der Waals surface area contributed by atoms with Gasteiger partial charge in [-0.1, -0.05) is 13.8 Å². The average molecular weight is 490 g/mol. The third kappa shape index (κ3) is 7.19. The lowest BCUT2D eigenvalue weighted by Gasteiger charge is -2.37. The highest BCUT2D eigenvalue weighted by Gasteiger charge is 2.37. The number of aryl methyl sites for hydroxylation is 1. The van der Waals surface area contributed by atoms with Crippen LogP contribution in [-0.4, -0.2) is 61.0 Å². The number of esters is 1. The van der Waals surface area contributed by atoms with E-state index in [-0.39, 0.29) is 31.3 Å². The summed E-state index contributed by atoms with van der Waals surface area (Å²) in [6, 6.07) is 7.77. The molecule has 10 heteroatoms. The van der Waals surface area contributed by atoms with Gasteiger partial charge >= 0.3 is 12.1 Å². The van der Waals surface area contributed by atoms with Gasteiger partial charge in [-0.2, -0.15) is 0 Å². The number of nitrogens with two attached hydrogens (primary N) is 1. The van der Waals surface area contributed by atoms with Gasteiger partial charge in [0.2, 0.25) is 6.10 Å². The minimum absolute atomic E-state index is 0.0623. The number of anilines is 1. The highest BCUT2D eigenvalue weighted by Crippen LogP contribution is 2.26. The van der Waals surface area contributed by atoms with E-state index in [1.807, 2.05) is 76.7 Å². The van der Waals surface area contributed by atoms with Crippen LogP contribution in [0.5, 0.6) is 5.75 Å². The standard InChI is InChI=1S/C25H36N4O6/c1-16(2)14-33-23(30)21(35-26)15-32-19-7-8-20-17(11-19)9-10-28(6)22(20)27-18-12-29(13-18)24(31)34-25(3,4)5/h7-11,16,18,21H,12-15,26H2,1-6H3/p+1/t21-/m0/s1. The molecule has 1 aromatic heterocycles. The Bertz CT molecular complexity index is 1050. The van der Waals surface area contributed by atoms with E-state index in [0.29, 0.717) is 18.8 Å². The Morgan fingerprint density at radius 2 is 1.91 bits per heavy atom. The first-order chi connectivity index (χ1) is 16.5. The zero-order chi connectivity index (χ0) is 25.8. The van der Waals surface area contributed by atoms with Crippen LogP contribution >= 0.6 is 0 Å². The number of fused-ring (bicyclic) bond motifs is 1. The molecule has 3 N–H and O–H groups in total. The molecule has 0 aliphatic carbocycles. The van der Waals surface area contributed by atoms with Gasteiger partial charge in [0, 0.05) is 0 Å². The van der Waals surface area contributed by atoms with Crippen LogP contribution in [0, 0.1) is 5.92 Å². The Morgan fingerprint density at radius 3 is 2.54 bits per heavy atom. The molecular formula is C25H37N4O6+. The zero-order valence-corrected chi connectivity index (χ0v) is 21.4. The van der Waals surface area contributed by atoms with E-state index in [4.69, 9.17) is 24.9 Å². The molecule has 1 aliphatic rings. The number of carbonyl (C=O) groups excluding carboxylic acids is 2. The second-order valence-electron chi connectivity index (χ2n) is 10.2. The molecule has 1 aliphatic heterocycles. The normalized spacial score (nSPS) is 15.0. The second-order valence-corrected chi connectivity index (χ2v) is 10.2. The summed E-state index contributed by atoms with van der Waals surface area (Å²) in [5.41, 5.74) is -0.512. The van der Waals surface area contributed by atoms with Gasteiger partial charge in [-0.3, -0.25) is 15.1 Å². The fourth-order valence-electron chi connectivity index (χ4n) is 3.54. The number of amides is 1. The number of pyridine rings is 1. The molecular weight excluding hydrogens is 452 g/mol. The highest BCUT2D eigenvalue weighted by atomic mass is 16.7. The van der Waals surface area contributed by atoms with Gasteiger partial charge in [-0.15, -0.1) is 0 Å². The minimum atomic E-state index is -1.01. The molecule has 1 saturated heterocycles. The molecule has 0 saturated carbocycles. The first-order valence-electron chi connectivity index (χ1n) is 11.8. The first kappa shape index (κ1) is 26.5. The molecule has 3 rings (SSSR count). The molecule has 1 amide bonds. The molecule has 1 aromatic carbocycles. The summed E-state index contributed by atoms with van der Waals surface area (Å²) >= 11 is 0. The van der Waals surface area contributed by atoms with Crippen molar-refractivity contribution < 1.29 is 33.2 Å². The third-order valence-electron chi connectivity index (χ3n) is 5.37. The molecule has 10 nitrogen and oxygen atoms in total. The van der Waals surface area contributed by atoms with Crippen molar-refractivity contribution >= 4 is 28.7 Å². The van der Waals surface area contributed by atoms with Crippen LogP contribution in [0.4, 0.5) is 10.6 Å². The molecule has 1 fully saturated rings. The van der Waals surface area contributed by atoms with E-state index in [2.05, 4.69) is 5.32 Å². The van der Waals surface area contributed by atoms with Crippen LogP contribution in [0.15, 0.2) is 30.5 Å². The van der Waals surface area contributed by atoms with Gasteiger partial charge in [0.25, 0.3) is 5.82 Å². The number of nitrogens with zero attached hydrogens (tertiary/aromatic N) is 2. The number of benzene rings is 1. The largest absolute Gasteiger partial charge is 0.490 e. The molecule has 0 unspecified atom stereocenters. The third-order valence-corrected chi connectivity index (χ3v) is 5.37. The Balaban J connectivity index is 1.62. The van der Waals surface area contributed by atoms with E-state index in [0.717, 1.165) is 16.6 Å². The number of ether oxygens (including phenoxy) is 3. The Morgan fingerprint density at radius 1 is 1.20 bits per heavy atom. The Hall–Kier alpha value is -3.11. The molecule has 0 bridgehead atoms. The molecule has 0 spiro atoms. The van der Waals surface area contributed by atoms with E-state index in [1.54, 1.807) is 4.90 Å². The van der Waals surface area contributed by atoms with Gasteiger partial charge in [0.05, 0.1) is 38.3 Å². The van der Waals surface area contributed by atoms with Gasteiger partial charge < -0.3 is 14.2 Å². The minimum Gasteiger partial charge on any atom is -0.490 e. The lowest BCUT2D eigenvalue weighted by molar-refractivity contribution is -0.656. The number of nitrogens with one attached hydrogen (secondary N) is 1.